The van der Waals surface area contributed by atoms with Gasteiger partial charge in [-0.25, -0.2) is 0 Å². The molecule has 9 aromatic carbocycles. The number of aromatic nitrogens is 2. The zero-order valence-corrected chi connectivity index (χ0v) is 33.4. The molecule has 0 radical (unpaired) electrons. The van der Waals surface area contributed by atoms with E-state index in [0.29, 0.717) is 0 Å². The van der Waals surface area contributed by atoms with E-state index in [1.165, 1.54) is 95.9 Å². The molecule has 3 aromatic heterocycles. The third-order valence-electron chi connectivity index (χ3n) is 12.2. The second-order valence-corrected chi connectivity index (χ2v) is 20.1. The van der Waals surface area contributed by atoms with E-state index in [0.717, 1.165) is 0 Å². The van der Waals surface area contributed by atoms with Crippen molar-refractivity contribution in [1.82, 2.24) is 9.13 Å². The molecule has 0 aliphatic carbocycles. The molecule has 12 aromatic rings. The first kappa shape index (κ1) is 33.2. The highest BCUT2D eigenvalue weighted by Gasteiger charge is 2.42. The van der Waals surface area contributed by atoms with Gasteiger partial charge in [-0.1, -0.05) is 170 Å². The monoisotopic (exact) mass is 772 g/mol. The SMILES string of the molecule is c1ccc([Si](c2ccccc2)(c2cccc(-n3c4ccccc4c4ccccc43)c2)c2cccc(-n3c4ccccc4c4ccc5c6ccccc6sc5c43)c2)cc1. The molecule has 0 unspecified atom stereocenters. The molecule has 0 spiro atoms. The van der Waals surface area contributed by atoms with Gasteiger partial charge >= 0.3 is 0 Å². The molecular weight excluding hydrogens is 737 g/mol. The highest BCUT2D eigenvalue weighted by atomic mass is 32.1. The van der Waals surface area contributed by atoms with Crippen LogP contribution in [0.1, 0.15) is 0 Å². The molecule has 12 rings (SSSR count). The standard InChI is InChI=1S/C54H36N2SSi/c1-3-19-39(20-4-1)58(40-21-5-2-6-22-40,41-23-15-17-37(35-41)55-49-29-11-7-25-43(49)44-26-8-12-30-50(44)55)42-24-16-18-38(36-42)56-51-31-13-9-27-45(51)47-33-34-48-46-28-10-14-32-52(46)57-54(48)53(47)56/h1-36H. The van der Waals surface area contributed by atoms with Crippen LogP contribution in [0.4, 0.5) is 0 Å². The lowest BCUT2D eigenvalue weighted by molar-refractivity contribution is 1.18. The lowest BCUT2D eigenvalue weighted by atomic mass is 10.1. The molecule has 0 N–H and O–H groups in total. The van der Waals surface area contributed by atoms with Crippen molar-refractivity contribution in [3.05, 3.63) is 218 Å². The Kier molecular flexibility index (Phi) is 7.46. The predicted octanol–water partition coefficient (Wildman–Crippen LogP) is 11.6. The molecule has 0 aliphatic heterocycles. The van der Waals surface area contributed by atoms with Crippen LogP contribution in [0.25, 0.3) is 75.2 Å². The van der Waals surface area contributed by atoms with Crippen molar-refractivity contribution >= 4 is 104 Å². The van der Waals surface area contributed by atoms with Crippen molar-refractivity contribution in [1.29, 1.82) is 0 Å². The van der Waals surface area contributed by atoms with Crippen LogP contribution in [-0.2, 0) is 0 Å². The van der Waals surface area contributed by atoms with Gasteiger partial charge in [-0.15, -0.1) is 11.3 Å². The van der Waals surface area contributed by atoms with E-state index < -0.39 is 8.07 Å². The molecule has 272 valence electrons. The summed E-state index contributed by atoms with van der Waals surface area (Å²) in [5, 5.41) is 13.1. The van der Waals surface area contributed by atoms with E-state index in [1.54, 1.807) is 0 Å². The Bertz CT molecular complexity index is 3430. The van der Waals surface area contributed by atoms with Gasteiger partial charge in [0.2, 0.25) is 0 Å². The van der Waals surface area contributed by atoms with Crippen LogP contribution in [0.2, 0.25) is 0 Å². The van der Waals surface area contributed by atoms with E-state index in [1.807, 2.05) is 11.3 Å². The Hall–Kier alpha value is -6.98. The quantitative estimate of drug-likeness (QED) is 0.118. The summed E-state index contributed by atoms with van der Waals surface area (Å²) in [4.78, 5) is 0. The van der Waals surface area contributed by atoms with Crippen molar-refractivity contribution < 1.29 is 0 Å². The van der Waals surface area contributed by atoms with Gasteiger partial charge in [0, 0.05) is 48.4 Å². The summed E-state index contributed by atoms with van der Waals surface area (Å²) in [6.07, 6.45) is 0. The van der Waals surface area contributed by atoms with E-state index in [-0.39, 0.29) is 0 Å². The fourth-order valence-electron chi connectivity index (χ4n) is 9.83. The van der Waals surface area contributed by atoms with Crippen LogP contribution in [0, 0.1) is 0 Å². The zero-order valence-electron chi connectivity index (χ0n) is 31.6. The average Bonchev–Trinajstić information content (AvgIpc) is 3.96. The van der Waals surface area contributed by atoms with Gasteiger partial charge in [0.15, 0.2) is 8.07 Å². The van der Waals surface area contributed by atoms with Crippen LogP contribution < -0.4 is 20.7 Å². The van der Waals surface area contributed by atoms with Gasteiger partial charge in [-0.3, -0.25) is 0 Å². The van der Waals surface area contributed by atoms with E-state index >= 15 is 0 Å². The van der Waals surface area contributed by atoms with E-state index in [2.05, 4.69) is 228 Å². The Balaban J connectivity index is 1.17. The number of rotatable bonds is 6. The summed E-state index contributed by atoms with van der Waals surface area (Å²) in [7, 11) is -2.96. The highest BCUT2D eigenvalue weighted by molar-refractivity contribution is 7.26. The second kappa shape index (κ2) is 13.0. The summed E-state index contributed by atoms with van der Waals surface area (Å²) >= 11 is 1.90. The Morgan fingerprint density at radius 1 is 0.310 bits per heavy atom. The van der Waals surface area contributed by atoms with Crippen LogP contribution in [0.15, 0.2) is 218 Å². The number of fused-ring (bicyclic) bond motifs is 10. The molecule has 2 nitrogen and oxygen atoms in total. The maximum absolute atomic E-state index is 2.96. The van der Waals surface area contributed by atoms with E-state index in [9.17, 15) is 0 Å². The molecule has 4 heteroatoms. The van der Waals surface area contributed by atoms with Gasteiger partial charge in [0.25, 0.3) is 0 Å². The summed E-state index contributed by atoms with van der Waals surface area (Å²) in [6.45, 7) is 0. The number of para-hydroxylation sites is 3. The topological polar surface area (TPSA) is 9.86 Å². The van der Waals surface area contributed by atoms with Gasteiger partial charge < -0.3 is 9.13 Å². The number of hydrogen-bond donors (Lipinski definition) is 0. The minimum Gasteiger partial charge on any atom is -0.309 e. The lowest BCUT2D eigenvalue weighted by Crippen LogP contribution is -2.74. The minimum absolute atomic E-state index is 1.17. The van der Waals surface area contributed by atoms with E-state index in [4.69, 9.17) is 0 Å². The fourth-order valence-corrected chi connectivity index (χ4v) is 15.9. The first-order valence-corrected chi connectivity index (χ1v) is 22.8. The summed E-state index contributed by atoms with van der Waals surface area (Å²) in [6, 6.07) is 81.6. The predicted molar refractivity (Wildman–Crippen MR) is 252 cm³/mol. The molecule has 0 bridgehead atoms. The summed E-state index contributed by atoms with van der Waals surface area (Å²) in [5.41, 5.74) is 7.28. The molecule has 58 heavy (non-hydrogen) atoms. The Morgan fingerprint density at radius 2 is 0.741 bits per heavy atom. The molecule has 3 heterocycles. The fraction of sp³-hybridized carbons (Fsp3) is 0. The average molecular weight is 773 g/mol. The van der Waals surface area contributed by atoms with Crippen molar-refractivity contribution in [3.63, 3.8) is 0 Å². The van der Waals surface area contributed by atoms with Crippen LogP contribution in [0.3, 0.4) is 0 Å². The van der Waals surface area contributed by atoms with Crippen molar-refractivity contribution in [2.75, 3.05) is 0 Å². The molecule has 0 saturated carbocycles. The Morgan fingerprint density at radius 3 is 1.33 bits per heavy atom. The first-order chi connectivity index (χ1) is 28.8. The molecular formula is C54H36N2SSi. The van der Waals surface area contributed by atoms with Crippen LogP contribution in [-0.4, -0.2) is 17.2 Å². The summed E-state index contributed by atoms with van der Waals surface area (Å²) in [5.74, 6) is 0. The van der Waals surface area contributed by atoms with Gasteiger partial charge in [0.05, 0.1) is 26.8 Å². The van der Waals surface area contributed by atoms with Crippen molar-refractivity contribution in [3.8, 4) is 11.4 Å². The lowest BCUT2D eigenvalue weighted by Gasteiger charge is -2.35. The minimum atomic E-state index is -2.96. The van der Waals surface area contributed by atoms with Crippen molar-refractivity contribution in [2.45, 2.75) is 0 Å². The third kappa shape index (κ3) is 4.76. The molecule has 0 fully saturated rings. The van der Waals surface area contributed by atoms with Gasteiger partial charge in [-0.2, -0.15) is 0 Å². The third-order valence-corrected chi connectivity index (χ3v) is 18.2. The largest absolute Gasteiger partial charge is 0.309 e. The number of thiophene rings is 1. The number of nitrogens with zero attached hydrogens (tertiary/aromatic N) is 2. The van der Waals surface area contributed by atoms with Gasteiger partial charge in [0.1, 0.15) is 0 Å². The molecule has 0 atom stereocenters. The number of hydrogen-bond acceptors (Lipinski definition) is 1. The number of benzene rings is 9. The maximum atomic E-state index is 2.54. The molecule has 0 saturated heterocycles. The normalized spacial score (nSPS) is 12.1. The zero-order chi connectivity index (χ0) is 38.2. The smallest absolute Gasteiger partial charge is 0.179 e. The maximum Gasteiger partial charge on any atom is 0.179 e. The van der Waals surface area contributed by atoms with Gasteiger partial charge in [-0.05, 0) is 69.3 Å². The molecule has 0 amide bonds. The Labute approximate surface area is 341 Å². The highest BCUT2D eigenvalue weighted by Crippen LogP contribution is 2.43. The van der Waals surface area contributed by atoms with Crippen LogP contribution >= 0.6 is 11.3 Å². The first-order valence-electron chi connectivity index (χ1n) is 19.9. The van der Waals surface area contributed by atoms with Crippen LogP contribution in [0.5, 0.6) is 0 Å². The summed E-state index contributed by atoms with van der Waals surface area (Å²) < 4.78 is 7.64. The molecule has 0 aliphatic rings. The second-order valence-electron chi connectivity index (χ2n) is 15.2. The van der Waals surface area contributed by atoms with Crippen molar-refractivity contribution in [2.24, 2.45) is 0 Å².